The van der Waals surface area contributed by atoms with Crippen LogP contribution >= 0.6 is 23.2 Å². The lowest BCUT2D eigenvalue weighted by molar-refractivity contribution is -0.143. The number of hydrogen-bond donors (Lipinski definition) is 3. The van der Waals surface area contributed by atoms with Crippen LogP contribution in [-0.4, -0.2) is 29.6 Å². The third-order valence-electron chi connectivity index (χ3n) is 4.04. The number of esters is 1. The molecule has 0 saturated heterocycles. The Balaban J connectivity index is 0.000000291. The summed E-state index contributed by atoms with van der Waals surface area (Å²) < 4.78 is 4.81. The second kappa shape index (κ2) is 12.3. The predicted molar refractivity (Wildman–Crippen MR) is 117 cm³/mol. The van der Waals surface area contributed by atoms with E-state index < -0.39 is 18.0 Å². The SMILES string of the molecule is CCc1cccc(C)c1N[C@@H](C)C(=O)O.NCC(=O)OCc1ccc(Cl)cc1Cl. The van der Waals surface area contributed by atoms with Crippen molar-refractivity contribution in [1.82, 2.24) is 0 Å². The van der Waals surface area contributed by atoms with E-state index in [1.165, 1.54) is 0 Å². The van der Waals surface area contributed by atoms with Crippen molar-refractivity contribution in [2.45, 2.75) is 39.8 Å². The number of rotatable bonds is 7. The molecule has 0 amide bonds. The van der Waals surface area contributed by atoms with Gasteiger partial charge >= 0.3 is 11.9 Å². The molecule has 0 aliphatic carbocycles. The molecule has 2 rings (SSSR count). The van der Waals surface area contributed by atoms with Gasteiger partial charge in [-0.05, 0) is 43.5 Å². The zero-order valence-corrected chi connectivity index (χ0v) is 18.2. The molecule has 0 heterocycles. The Bertz CT molecular complexity index is 843. The summed E-state index contributed by atoms with van der Waals surface area (Å²) in [5.41, 5.74) is 8.97. The summed E-state index contributed by atoms with van der Waals surface area (Å²) >= 11 is 11.5. The van der Waals surface area contributed by atoms with Crippen molar-refractivity contribution in [3.8, 4) is 0 Å². The monoisotopic (exact) mass is 440 g/mol. The first-order chi connectivity index (χ1) is 13.7. The minimum atomic E-state index is -0.833. The van der Waals surface area contributed by atoms with Crippen LogP contribution in [0, 0.1) is 6.92 Å². The molecule has 29 heavy (non-hydrogen) atoms. The number of ether oxygens (including phenoxy) is 1. The van der Waals surface area contributed by atoms with E-state index in [2.05, 4.69) is 12.2 Å². The molecule has 0 saturated carbocycles. The van der Waals surface area contributed by atoms with Gasteiger partial charge in [0.05, 0.1) is 6.54 Å². The smallest absolute Gasteiger partial charge is 0.325 e. The highest BCUT2D eigenvalue weighted by Gasteiger charge is 2.13. The van der Waals surface area contributed by atoms with Gasteiger partial charge in [-0.25, -0.2) is 0 Å². The zero-order valence-electron chi connectivity index (χ0n) is 16.7. The van der Waals surface area contributed by atoms with Crippen molar-refractivity contribution < 1.29 is 19.4 Å². The normalized spacial score (nSPS) is 11.1. The van der Waals surface area contributed by atoms with Crippen LogP contribution in [0.5, 0.6) is 0 Å². The molecule has 0 spiro atoms. The molecule has 4 N–H and O–H groups in total. The van der Waals surface area contributed by atoms with Gasteiger partial charge in [-0.2, -0.15) is 0 Å². The van der Waals surface area contributed by atoms with E-state index in [4.69, 9.17) is 38.8 Å². The minimum Gasteiger partial charge on any atom is -0.480 e. The van der Waals surface area contributed by atoms with Crippen molar-refractivity contribution in [3.05, 3.63) is 63.1 Å². The third-order valence-corrected chi connectivity index (χ3v) is 4.63. The fraction of sp³-hybridized carbons (Fsp3) is 0.333. The summed E-state index contributed by atoms with van der Waals surface area (Å²) in [7, 11) is 0. The minimum absolute atomic E-state index is 0.117. The van der Waals surface area contributed by atoms with E-state index in [1.54, 1.807) is 25.1 Å². The van der Waals surface area contributed by atoms with Crippen LogP contribution in [0.25, 0.3) is 0 Å². The number of para-hydroxylation sites is 1. The first-order valence-electron chi connectivity index (χ1n) is 9.07. The lowest BCUT2D eigenvalue weighted by Crippen LogP contribution is -2.26. The molecule has 0 aliphatic heterocycles. The van der Waals surface area contributed by atoms with Gasteiger partial charge < -0.3 is 20.9 Å². The molecule has 0 bridgehead atoms. The van der Waals surface area contributed by atoms with E-state index in [9.17, 15) is 9.59 Å². The third kappa shape index (κ3) is 8.31. The Labute approximate surface area is 181 Å². The molecule has 0 unspecified atom stereocenters. The van der Waals surface area contributed by atoms with Crippen LogP contribution in [0.15, 0.2) is 36.4 Å². The number of anilines is 1. The highest BCUT2D eigenvalue weighted by Crippen LogP contribution is 2.22. The molecule has 0 radical (unpaired) electrons. The molecule has 158 valence electrons. The summed E-state index contributed by atoms with van der Waals surface area (Å²) in [5.74, 6) is -1.30. The van der Waals surface area contributed by atoms with E-state index in [0.29, 0.717) is 15.6 Å². The van der Waals surface area contributed by atoms with Crippen molar-refractivity contribution in [3.63, 3.8) is 0 Å². The van der Waals surface area contributed by atoms with E-state index in [1.807, 2.05) is 25.1 Å². The largest absolute Gasteiger partial charge is 0.480 e. The zero-order chi connectivity index (χ0) is 22.0. The van der Waals surface area contributed by atoms with E-state index in [-0.39, 0.29) is 13.2 Å². The Morgan fingerprint density at radius 2 is 1.90 bits per heavy atom. The maximum Gasteiger partial charge on any atom is 0.325 e. The Hall–Kier alpha value is -2.28. The molecule has 2 aromatic rings. The van der Waals surface area contributed by atoms with Gasteiger partial charge in [-0.3, -0.25) is 9.59 Å². The number of halogens is 2. The summed E-state index contributed by atoms with van der Waals surface area (Å²) in [4.78, 5) is 21.5. The molecule has 8 heteroatoms. The molecule has 0 fully saturated rings. The molecule has 1 atom stereocenters. The highest BCUT2D eigenvalue weighted by molar-refractivity contribution is 6.35. The standard InChI is InChI=1S/C12H17NO2.C9H9Cl2NO2/c1-4-10-7-5-6-8(2)11(10)13-9(3)12(14)15;10-7-2-1-6(8(11)3-7)5-14-9(13)4-12/h5-7,9,13H,4H2,1-3H3,(H,14,15);1-3H,4-5,12H2/t9-;/m0./s1. The summed E-state index contributed by atoms with van der Waals surface area (Å²) in [6, 6.07) is 10.4. The van der Waals surface area contributed by atoms with Crippen LogP contribution in [0.1, 0.15) is 30.5 Å². The Morgan fingerprint density at radius 3 is 2.45 bits per heavy atom. The summed E-state index contributed by atoms with van der Waals surface area (Å²) in [5, 5.41) is 12.9. The van der Waals surface area contributed by atoms with Gasteiger partial charge in [0.1, 0.15) is 12.6 Å². The molecule has 0 aromatic heterocycles. The number of nitrogens with two attached hydrogens (primary N) is 1. The van der Waals surface area contributed by atoms with Crippen LogP contribution < -0.4 is 11.1 Å². The molecular formula is C21H26Cl2N2O4. The van der Waals surface area contributed by atoms with E-state index >= 15 is 0 Å². The van der Waals surface area contributed by atoms with Gasteiger partial charge in [0.15, 0.2) is 0 Å². The maximum atomic E-state index is 10.8. The number of hydrogen-bond acceptors (Lipinski definition) is 5. The first kappa shape index (κ1) is 24.8. The van der Waals surface area contributed by atoms with Crippen LogP contribution in [-0.2, 0) is 27.4 Å². The van der Waals surface area contributed by atoms with Gasteiger partial charge in [-0.15, -0.1) is 0 Å². The fourth-order valence-electron chi connectivity index (χ4n) is 2.36. The van der Waals surface area contributed by atoms with Crippen LogP contribution in [0.2, 0.25) is 10.0 Å². The number of nitrogens with one attached hydrogen (secondary N) is 1. The first-order valence-corrected chi connectivity index (χ1v) is 9.82. The van der Waals surface area contributed by atoms with Gasteiger partial charge in [0.2, 0.25) is 0 Å². The van der Waals surface area contributed by atoms with Gasteiger partial charge in [-0.1, -0.05) is 54.4 Å². The summed E-state index contributed by atoms with van der Waals surface area (Å²) in [6.07, 6.45) is 0.899. The fourth-order valence-corrected chi connectivity index (χ4v) is 2.83. The number of carboxylic acid groups (broad SMARTS) is 1. The quantitative estimate of drug-likeness (QED) is 0.550. The van der Waals surface area contributed by atoms with Crippen LogP contribution in [0.4, 0.5) is 5.69 Å². The topological polar surface area (TPSA) is 102 Å². The highest BCUT2D eigenvalue weighted by atomic mass is 35.5. The Morgan fingerprint density at radius 1 is 1.21 bits per heavy atom. The molecule has 0 aliphatic rings. The number of carbonyl (C=O) groups excluding carboxylic acids is 1. The van der Waals surface area contributed by atoms with E-state index in [0.717, 1.165) is 23.2 Å². The van der Waals surface area contributed by atoms with Crippen molar-refractivity contribution in [2.75, 3.05) is 11.9 Å². The van der Waals surface area contributed by atoms with Gasteiger partial charge in [0, 0.05) is 21.3 Å². The predicted octanol–water partition coefficient (Wildman–Crippen LogP) is 4.44. The Kier molecular flexibility index (Phi) is 10.5. The number of aryl methyl sites for hydroxylation is 2. The number of aliphatic carboxylic acids is 1. The number of carbonyl (C=O) groups is 2. The average Bonchev–Trinajstić information content (AvgIpc) is 2.68. The molecular weight excluding hydrogens is 415 g/mol. The second-order valence-corrected chi connectivity index (χ2v) is 7.11. The van der Waals surface area contributed by atoms with Crippen molar-refractivity contribution in [1.29, 1.82) is 0 Å². The number of carboxylic acids is 1. The maximum absolute atomic E-state index is 10.8. The molecule has 6 nitrogen and oxygen atoms in total. The van der Waals surface area contributed by atoms with Crippen molar-refractivity contribution >= 4 is 40.8 Å². The van der Waals surface area contributed by atoms with Crippen molar-refractivity contribution in [2.24, 2.45) is 5.73 Å². The lowest BCUT2D eigenvalue weighted by Gasteiger charge is -2.16. The average molecular weight is 441 g/mol. The number of benzene rings is 2. The second-order valence-electron chi connectivity index (χ2n) is 6.27. The van der Waals surface area contributed by atoms with Crippen LogP contribution in [0.3, 0.4) is 0 Å². The summed E-state index contributed by atoms with van der Waals surface area (Å²) in [6.45, 7) is 5.67. The molecule has 2 aromatic carbocycles. The lowest BCUT2D eigenvalue weighted by atomic mass is 10.1. The van der Waals surface area contributed by atoms with Gasteiger partial charge in [0.25, 0.3) is 0 Å².